The van der Waals surface area contributed by atoms with Crippen LogP contribution in [0.3, 0.4) is 0 Å². The van der Waals surface area contributed by atoms with Gasteiger partial charge in [-0.15, -0.1) is 0 Å². The summed E-state index contributed by atoms with van der Waals surface area (Å²) in [6.07, 6.45) is 1.65. The SMILES string of the molecule is O=C(c1cn2ncsc2n1)N1CCN(c2ccccc2F)CC1. The maximum Gasteiger partial charge on any atom is 0.274 e. The molecule has 2 aromatic heterocycles. The average Bonchev–Trinajstić information content (AvgIpc) is 3.16. The fraction of sp³-hybridized carbons (Fsp3) is 0.267. The highest BCUT2D eigenvalue weighted by Gasteiger charge is 2.25. The Morgan fingerprint density at radius 2 is 1.96 bits per heavy atom. The summed E-state index contributed by atoms with van der Waals surface area (Å²) in [4.78, 5) is 21.2. The number of hydrogen-bond acceptors (Lipinski definition) is 5. The molecule has 23 heavy (non-hydrogen) atoms. The number of rotatable bonds is 2. The Balaban J connectivity index is 1.46. The zero-order chi connectivity index (χ0) is 15.8. The first-order chi connectivity index (χ1) is 11.2. The van der Waals surface area contributed by atoms with Gasteiger partial charge >= 0.3 is 0 Å². The molecule has 0 unspecified atom stereocenters. The smallest absolute Gasteiger partial charge is 0.274 e. The van der Waals surface area contributed by atoms with Gasteiger partial charge in [0, 0.05) is 26.2 Å². The quantitative estimate of drug-likeness (QED) is 0.720. The van der Waals surface area contributed by atoms with E-state index in [0.717, 1.165) is 0 Å². The van der Waals surface area contributed by atoms with Gasteiger partial charge in [0.1, 0.15) is 17.0 Å². The largest absolute Gasteiger partial charge is 0.366 e. The summed E-state index contributed by atoms with van der Waals surface area (Å²) in [5.41, 5.74) is 2.68. The van der Waals surface area contributed by atoms with Crippen LogP contribution in [0.5, 0.6) is 0 Å². The summed E-state index contributed by atoms with van der Waals surface area (Å²) in [5.74, 6) is -0.330. The first-order valence-corrected chi connectivity index (χ1v) is 8.18. The van der Waals surface area contributed by atoms with E-state index < -0.39 is 0 Å². The summed E-state index contributed by atoms with van der Waals surface area (Å²) in [7, 11) is 0. The van der Waals surface area contributed by atoms with Gasteiger partial charge in [0.25, 0.3) is 5.91 Å². The van der Waals surface area contributed by atoms with E-state index in [0.29, 0.717) is 42.5 Å². The number of para-hydroxylation sites is 1. The van der Waals surface area contributed by atoms with Crippen LogP contribution in [0.4, 0.5) is 10.1 Å². The predicted octanol–water partition coefficient (Wildman–Crippen LogP) is 1.89. The minimum Gasteiger partial charge on any atom is -0.366 e. The number of piperazine rings is 1. The van der Waals surface area contributed by atoms with Crippen molar-refractivity contribution in [2.75, 3.05) is 31.1 Å². The molecule has 118 valence electrons. The van der Waals surface area contributed by atoms with Crippen LogP contribution < -0.4 is 4.90 Å². The lowest BCUT2D eigenvalue weighted by Crippen LogP contribution is -2.49. The number of carbonyl (C=O) groups is 1. The van der Waals surface area contributed by atoms with Crippen LogP contribution >= 0.6 is 11.3 Å². The Morgan fingerprint density at radius 3 is 2.70 bits per heavy atom. The number of imidazole rings is 1. The molecule has 0 bridgehead atoms. The number of nitrogens with zero attached hydrogens (tertiary/aromatic N) is 5. The van der Waals surface area contributed by atoms with Crippen LogP contribution in [0, 0.1) is 5.82 Å². The Hall–Kier alpha value is -2.48. The van der Waals surface area contributed by atoms with Crippen molar-refractivity contribution in [3.63, 3.8) is 0 Å². The minimum absolute atomic E-state index is 0.101. The third-order valence-corrected chi connectivity index (χ3v) is 4.65. The molecule has 0 N–H and O–H groups in total. The number of anilines is 1. The van der Waals surface area contributed by atoms with Crippen molar-refractivity contribution in [2.45, 2.75) is 0 Å². The van der Waals surface area contributed by atoms with E-state index in [1.807, 2.05) is 11.0 Å². The van der Waals surface area contributed by atoms with Crippen LogP contribution in [0.2, 0.25) is 0 Å². The van der Waals surface area contributed by atoms with Gasteiger partial charge in [0.2, 0.25) is 4.96 Å². The van der Waals surface area contributed by atoms with E-state index in [9.17, 15) is 9.18 Å². The maximum atomic E-state index is 13.8. The molecule has 1 amide bonds. The average molecular weight is 331 g/mol. The molecule has 0 aliphatic carbocycles. The number of benzene rings is 1. The molecule has 4 rings (SSSR count). The second kappa shape index (κ2) is 5.62. The molecule has 0 saturated carbocycles. The van der Waals surface area contributed by atoms with Gasteiger partial charge < -0.3 is 9.80 Å². The van der Waals surface area contributed by atoms with E-state index in [2.05, 4.69) is 10.1 Å². The van der Waals surface area contributed by atoms with Crippen molar-refractivity contribution in [3.05, 3.63) is 47.5 Å². The Bertz CT molecular complexity index is 824. The summed E-state index contributed by atoms with van der Waals surface area (Å²) in [5, 5.41) is 4.08. The molecule has 1 aliphatic rings. The van der Waals surface area contributed by atoms with Crippen molar-refractivity contribution in [2.24, 2.45) is 0 Å². The topological polar surface area (TPSA) is 53.7 Å². The van der Waals surface area contributed by atoms with Gasteiger partial charge in [-0.2, -0.15) is 5.10 Å². The van der Waals surface area contributed by atoms with Crippen LogP contribution in [-0.4, -0.2) is 51.6 Å². The fourth-order valence-corrected chi connectivity index (χ4v) is 3.36. The van der Waals surface area contributed by atoms with E-state index in [-0.39, 0.29) is 11.7 Å². The van der Waals surface area contributed by atoms with Crippen molar-refractivity contribution < 1.29 is 9.18 Å². The van der Waals surface area contributed by atoms with E-state index in [4.69, 9.17) is 0 Å². The number of hydrogen-bond donors (Lipinski definition) is 0. The summed E-state index contributed by atoms with van der Waals surface area (Å²) in [6.45, 7) is 2.30. The number of fused-ring (bicyclic) bond motifs is 1. The third-order valence-electron chi connectivity index (χ3n) is 3.97. The molecule has 1 aliphatic heterocycles. The van der Waals surface area contributed by atoms with Gasteiger partial charge in [-0.25, -0.2) is 13.9 Å². The van der Waals surface area contributed by atoms with Crippen LogP contribution in [0.1, 0.15) is 10.5 Å². The molecule has 3 aromatic rings. The highest BCUT2D eigenvalue weighted by atomic mass is 32.1. The van der Waals surface area contributed by atoms with Gasteiger partial charge in [0.15, 0.2) is 0 Å². The van der Waals surface area contributed by atoms with Crippen molar-refractivity contribution in [1.82, 2.24) is 19.5 Å². The van der Waals surface area contributed by atoms with Gasteiger partial charge in [-0.05, 0) is 12.1 Å². The van der Waals surface area contributed by atoms with Crippen molar-refractivity contribution >= 4 is 27.9 Å². The monoisotopic (exact) mass is 331 g/mol. The standard InChI is InChI=1S/C15H14FN5OS/c16-11-3-1-2-4-13(11)19-5-7-20(8-6-19)14(22)12-9-21-15(18-12)23-10-17-21/h1-4,9-10H,5-8H2. The van der Waals surface area contributed by atoms with Crippen LogP contribution in [0.25, 0.3) is 4.96 Å². The first kappa shape index (κ1) is 14.1. The van der Waals surface area contributed by atoms with Crippen molar-refractivity contribution in [3.8, 4) is 0 Å². The molecule has 0 radical (unpaired) electrons. The number of amides is 1. The molecule has 1 aromatic carbocycles. The fourth-order valence-electron chi connectivity index (χ4n) is 2.76. The second-order valence-electron chi connectivity index (χ2n) is 5.32. The molecular weight excluding hydrogens is 317 g/mol. The molecule has 8 heteroatoms. The normalized spacial score (nSPS) is 15.3. The zero-order valence-corrected chi connectivity index (χ0v) is 13.0. The highest BCUT2D eigenvalue weighted by molar-refractivity contribution is 7.14. The summed E-state index contributed by atoms with van der Waals surface area (Å²) in [6, 6.07) is 6.72. The second-order valence-corrected chi connectivity index (χ2v) is 6.13. The van der Waals surface area contributed by atoms with E-state index in [1.165, 1.54) is 17.4 Å². The zero-order valence-electron chi connectivity index (χ0n) is 12.2. The Labute approximate surface area is 135 Å². The third kappa shape index (κ3) is 2.55. The molecule has 0 atom stereocenters. The number of halogens is 1. The van der Waals surface area contributed by atoms with Crippen LogP contribution in [-0.2, 0) is 0 Å². The lowest BCUT2D eigenvalue weighted by Gasteiger charge is -2.35. The van der Waals surface area contributed by atoms with Gasteiger partial charge in [-0.3, -0.25) is 4.79 Å². The first-order valence-electron chi connectivity index (χ1n) is 7.30. The summed E-state index contributed by atoms with van der Waals surface area (Å²) < 4.78 is 15.4. The molecule has 1 fully saturated rings. The highest BCUT2D eigenvalue weighted by Crippen LogP contribution is 2.21. The molecule has 0 spiro atoms. The van der Waals surface area contributed by atoms with E-state index in [1.54, 1.807) is 33.3 Å². The van der Waals surface area contributed by atoms with E-state index >= 15 is 0 Å². The van der Waals surface area contributed by atoms with Crippen molar-refractivity contribution in [1.29, 1.82) is 0 Å². The minimum atomic E-state index is -0.229. The number of carbonyl (C=O) groups excluding carboxylic acids is 1. The van der Waals surface area contributed by atoms with Crippen LogP contribution in [0.15, 0.2) is 36.0 Å². The number of aromatic nitrogens is 3. The molecule has 3 heterocycles. The predicted molar refractivity (Wildman–Crippen MR) is 85.4 cm³/mol. The van der Waals surface area contributed by atoms with Gasteiger partial charge in [-0.1, -0.05) is 23.5 Å². The lowest BCUT2D eigenvalue weighted by molar-refractivity contribution is 0.0741. The lowest BCUT2D eigenvalue weighted by atomic mass is 10.2. The molecule has 1 saturated heterocycles. The Kier molecular flexibility index (Phi) is 3.45. The molecule has 6 nitrogen and oxygen atoms in total. The van der Waals surface area contributed by atoms with Gasteiger partial charge in [0.05, 0.1) is 11.9 Å². The summed E-state index contributed by atoms with van der Waals surface area (Å²) >= 11 is 1.39. The maximum absolute atomic E-state index is 13.8. The Morgan fingerprint density at radius 1 is 1.17 bits per heavy atom. The molecular formula is C15H14FN5OS.